The molecule has 7 nitrogen and oxygen atoms in total. The van der Waals surface area contributed by atoms with E-state index in [-0.39, 0.29) is 5.91 Å². The van der Waals surface area contributed by atoms with E-state index in [1.54, 1.807) is 26.5 Å². The van der Waals surface area contributed by atoms with Crippen LogP contribution in [0.5, 0.6) is 5.75 Å². The zero-order valence-electron chi connectivity index (χ0n) is 20.9. The highest BCUT2D eigenvalue weighted by Crippen LogP contribution is 2.33. The number of nitrogens with zero attached hydrogens (tertiary/aromatic N) is 2. The Balaban J connectivity index is 1.83. The summed E-state index contributed by atoms with van der Waals surface area (Å²) in [6.45, 7) is 6.19. The van der Waals surface area contributed by atoms with E-state index in [9.17, 15) is 4.79 Å². The summed E-state index contributed by atoms with van der Waals surface area (Å²) < 4.78 is 10.7. The van der Waals surface area contributed by atoms with Gasteiger partial charge in [-0.3, -0.25) is 14.7 Å². The molecule has 0 radical (unpaired) electrons. The molecule has 1 amide bonds. The molecule has 180 valence electrons. The standard InChI is InChI=1S/C27H34N4O3/c1-18-21(9-7-11-23(18)28-3)22-10-8-12-24(19(22)2)30-27(32)25-15-26(34-6)20(16-29-25)17-31(4)13-14-33-5/h7-12,15-16,28H,13-14,17H2,1-6H3,(H,30,32). The summed E-state index contributed by atoms with van der Waals surface area (Å²) in [6, 6.07) is 13.8. The minimum atomic E-state index is -0.279. The van der Waals surface area contributed by atoms with Gasteiger partial charge in [-0.05, 0) is 55.3 Å². The lowest BCUT2D eigenvalue weighted by atomic mass is 9.94. The highest BCUT2D eigenvalue weighted by molar-refractivity contribution is 6.04. The number of hydrogen-bond donors (Lipinski definition) is 2. The molecule has 2 aromatic carbocycles. The molecule has 0 aliphatic rings. The fraction of sp³-hybridized carbons (Fsp3) is 0.333. The summed E-state index contributed by atoms with van der Waals surface area (Å²) in [5.41, 5.74) is 7.41. The van der Waals surface area contributed by atoms with Crippen molar-refractivity contribution in [2.45, 2.75) is 20.4 Å². The molecule has 7 heteroatoms. The molecule has 0 spiro atoms. The average molecular weight is 463 g/mol. The lowest BCUT2D eigenvalue weighted by Crippen LogP contribution is -2.23. The first kappa shape index (κ1) is 25.2. The Morgan fingerprint density at radius 3 is 2.29 bits per heavy atom. The molecule has 1 aromatic heterocycles. The second kappa shape index (κ2) is 11.6. The Hall–Kier alpha value is -3.42. The van der Waals surface area contributed by atoms with Crippen molar-refractivity contribution in [3.63, 3.8) is 0 Å². The van der Waals surface area contributed by atoms with E-state index in [4.69, 9.17) is 9.47 Å². The van der Waals surface area contributed by atoms with Gasteiger partial charge in [-0.15, -0.1) is 0 Å². The number of carbonyl (C=O) groups excluding carboxylic acids is 1. The van der Waals surface area contributed by atoms with Crippen LogP contribution in [0.2, 0.25) is 0 Å². The summed E-state index contributed by atoms with van der Waals surface area (Å²) in [7, 11) is 7.20. The molecule has 3 aromatic rings. The largest absolute Gasteiger partial charge is 0.496 e. The van der Waals surface area contributed by atoms with Gasteiger partial charge in [-0.25, -0.2) is 0 Å². The first-order valence-electron chi connectivity index (χ1n) is 11.3. The van der Waals surface area contributed by atoms with Gasteiger partial charge in [-0.1, -0.05) is 24.3 Å². The maximum absolute atomic E-state index is 13.1. The number of likely N-dealkylation sites (N-methyl/N-ethyl adjacent to an activating group) is 1. The summed E-state index contributed by atoms with van der Waals surface area (Å²) in [6.07, 6.45) is 1.70. The predicted octanol–water partition coefficient (Wildman–Crippen LogP) is 4.75. The summed E-state index contributed by atoms with van der Waals surface area (Å²) in [5, 5.41) is 6.26. The van der Waals surface area contributed by atoms with E-state index in [1.165, 1.54) is 0 Å². The SMILES string of the molecule is CNc1cccc(-c2cccc(NC(=O)c3cc(OC)c(CN(C)CCOC)cn3)c2C)c1C. The lowest BCUT2D eigenvalue weighted by Gasteiger charge is -2.18. The molecule has 1 heterocycles. The molecule has 0 saturated carbocycles. The Morgan fingerprint density at radius 1 is 1.03 bits per heavy atom. The fourth-order valence-electron chi connectivity index (χ4n) is 3.96. The summed E-state index contributed by atoms with van der Waals surface area (Å²) >= 11 is 0. The normalized spacial score (nSPS) is 10.9. The van der Waals surface area contributed by atoms with Gasteiger partial charge < -0.3 is 20.1 Å². The van der Waals surface area contributed by atoms with Gasteiger partial charge in [0.1, 0.15) is 11.4 Å². The molecule has 0 saturated heterocycles. The fourth-order valence-corrected chi connectivity index (χ4v) is 3.96. The van der Waals surface area contributed by atoms with E-state index >= 15 is 0 Å². The van der Waals surface area contributed by atoms with Crippen molar-refractivity contribution in [2.75, 3.05) is 52.1 Å². The number of rotatable bonds is 10. The van der Waals surface area contributed by atoms with Crippen molar-refractivity contribution < 1.29 is 14.3 Å². The molecular formula is C27H34N4O3. The van der Waals surface area contributed by atoms with Gasteiger partial charge in [0, 0.05) is 56.4 Å². The zero-order valence-corrected chi connectivity index (χ0v) is 20.9. The zero-order chi connectivity index (χ0) is 24.7. The molecule has 3 rings (SSSR count). The molecular weight excluding hydrogens is 428 g/mol. The van der Waals surface area contributed by atoms with Crippen LogP contribution in [-0.2, 0) is 11.3 Å². The van der Waals surface area contributed by atoms with Gasteiger partial charge in [0.25, 0.3) is 5.91 Å². The monoisotopic (exact) mass is 462 g/mol. The Bertz CT molecular complexity index is 1150. The van der Waals surface area contributed by atoms with Gasteiger partial charge in [-0.2, -0.15) is 0 Å². The van der Waals surface area contributed by atoms with Crippen molar-refractivity contribution in [1.29, 1.82) is 0 Å². The summed E-state index contributed by atoms with van der Waals surface area (Å²) in [5.74, 6) is 0.355. The Kier molecular flexibility index (Phi) is 8.62. The third-order valence-electron chi connectivity index (χ3n) is 5.99. The van der Waals surface area contributed by atoms with Crippen LogP contribution in [0.1, 0.15) is 27.2 Å². The topological polar surface area (TPSA) is 75.7 Å². The number of ether oxygens (including phenoxy) is 2. The maximum atomic E-state index is 13.1. The minimum Gasteiger partial charge on any atom is -0.496 e. The van der Waals surface area contributed by atoms with E-state index < -0.39 is 0 Å². The highest BCUT2D eigenvalue weighted by Gasteiger charge is 2.16. The van der Waals surface area contributed by atoms with E-state index in [0.29, 0.717) is 24.6 Å². The van der Waals surface area contributed by atoms with E-state index in [0.717, 1.165) is 45.7 Å². The number of carbonyl (C=O) groups is 1. The number of hydrogen-bond acceptors (Lipinski definition) is 6. The number of pyridine rings is 1. The smallest absolute Gasteiger partial charge is 0.274 e. The van der Waals surface area contributed by atoms with Crippen molar-refractivity contribution in [1.82, 2.24) is 9.88 Å². The van der Waals surface area contributed by atoms with Crippen LogP contribution < -0.4 is 15.4 Å². The van der Waals surface area contributed by atoms with Crippen molar-refractivity contribution in [3.05, 3.63) is 71.0 Å². The van der Waals surface area contributed by atoms with E-state index in [1.807, 2.05) is 39.2 Å². The lowest BCUT2D eigenvalue weighted by molar-refractivity contribution is 0.102. The first-order chi connectivity index (χ1) is 16.4. The van der Waals surface area contributed by atoms with Crippen LogP contribution >= 0.6 is 0 Å². The molecule has 0 bridgehead atoms. The first-order valence-corrected chi connectivity index (χ1v) is 11.3. The highest BCUT2D eigenvalue weighted by atomic mass is 16.5. The third kappa shape index (κ3) is 5.73. The molecule has 0 aliphatic carbocycles. The number of methoxy groups -OCH3 is 2. The van der Waals surface area contributed by atoms with Gasteiger partial charge in [0.2, 0.25) is 0 Å². The molecule has 0 aliphatic heterocycles. The number of benzene rings is 2. The van der Waals surface area contributed by atoms with Crippen LogP contribution in [-0.4, -0.2) is 57.3 Å². The Labute approximate surface area is 202 Å². The average Bonchev–Trinajstić information content (AvgIpc) is 2.84. The van der Waals surface area contributed by atoms with Crippen LogP contribution in [0, 0.1) is 13.8 Å². The number of nitrogens with one attached hydrogen (secondary N) is 2. The molecule has 0 atom stereocenters. The second-order valence-corrected chi connectivity index (χ2v) is 8.27. The summed E-state index contributed by atoms with van der Waals surface area (Å²) in [4.78, 5) is 19.6. The quantitative estimate of drug-likeness (QED) is 0.453. The maximum Gasteiger partial charge on any atom is 0.274 e. The molecule has 0 fully saturated rings. The van der Waals surface area contributed by atoms with Gasteiger partial charge >= 0.3 is 0 Å². The van der Waals surface area contributed by atoms with Crippen LogP contribution in [0.3, 0.4) is 0 Å². The number of aromatic nitrogens is 1. The minimum absolute atomic E-state index is 0.279. The number of amides is 1. The van der Waals surface area contributed by atoms with E-state index in [2.05, 4.69) is 45.6 Å². The predicted molar refractivity (Wildman–Crippen MR) is 138 cm³/mol. The van der Waals surface area contributed by atoms with Gasteiger partial charge in [0.15, 0.2) is 0 Å². The van der Waals surface area contributed by atoms with Gasteiger partial charge in [0.05, 0.1) is 13.7 Å². The van der Waals surface area contributed by atoms with Crippen molar-refractivity contribution >= 4 is 17.3 Å². The second-order valence-electron chi connectivity index (χ2n) is 8.27. The van der Waals surface area contributed by atoms with Crippen LogP contribution in [0.25, 0.3) is 11.1 Å². The van der Waals surface area contributed by atoms with Crippen LogP contribution in [0.4, 0.5) is 11.4 Å². The van der Waals surface area contributed by atoms with Crippen LogP contribution in [0.15, 0.2) is 48.7 Å². The van der Waals surface area contributed by atoms with Crippen molar-refractivity contribution in [2.24, 2.45) is 0 Å². The Morgan fingerprint density at radius 2 is 1.68 bits per heavy atom. The molecule has 34 heavy (non-hydrogen) atoms. The third-order valence-corrected chi connectivity index (χ3v) is 5.99. The number of anilines is 2. The molecule has 0 unspecified atom stereocenters. The molecule has 2 N–H and O–H groups in total. The van der Waals surface area contributed by atoms with Crippen molar-refractivity contribution in [3.8, 4) is 16.9 Å².